The number of benzene rings is 1. The Labute approximate surface area is 161 Å². The van der Waals surface area contributed by atoms with Gasteiger partial charge in [0.05, 0.1) is 6.54 Å². The normalized spacial score (nSPS) is 18.7. The molecule has 0 aliphatic carbocycles. The van der Waals surface area contributed by atoms with Crippen molar-refractivity contribution >= 4 is 11.9 Å². The van der Waals surface area contributed by atoms with E-state index in [0.29, 0.717) is 12.5 Å². The standard InChI is InChI=1S/C21H29N5O/c1-18-5-7-19(8-6-18)26-12-9-22-21(26)25-15-13-23(14-16-25)17-20(27)24-10-3-2-4-11-24/h5-9,12H,2-4,10-11,13-17H2,1H3. The number of aryl methyl sites for hydroxylation is 1. The number of amides is 1. The molecule has 1 amide bonds. The number of carbonyl (C=O) groups excluding carboxylic acids is 1. The zero-order chi connectivity index (χ0) is 18.6. The number of imidazole rings is 1. The average Bonchev–Trinajstić information content (AvgIpc) is 3.19. The van der Waals surface area contributed by atoms with E-state index < -0.39 is 0 Å². The second kappa shape index (κ2) is 8.13. The highest BCUT2D eigenvalue weighted by molar-refractivity contribution is 5.78. The summed E-state index contributed by atoms with van der Waals surface area (Å²) in [5.41, 5.74) is 2.39. The van der Waals surface area contributed by atoms with E-state index in [1.807, 2.05) is 17.3 Å². The summed E-state index contributed by atoms with van der Waals surface area (Å²) in [6.07, 6.45) is 7.45. The maximum atomic E-state index is 12.5. The third kappa shape index (κ3) is 4.16. The van der Waals surface area contributed by atoms with Gasteiger partial charge in [0.25, 0.3) is 0 Å². The highest BCUT2D eigenvalue weighted by Gasteiger charge is 2.24. The van der Waals surface area contributed by atoms with E-state index in [-0.39, 0.29) is 0 Å². The Bertz CT molecular complexity index is 755. The zero-order valence-corrected chi connectivity index (χ0v) is 16.2. The number of aromatic nitrogens is 2. The summed E-state index contributed by atoms with van der Waals surface area (Å²) in [4.78, 5) is 23.7. The van der Waals surface area contributed by atoms with Gasteiger partial charge in [0.15, 0.2) is 0 Å². The zero-order valence-electron chi connectivity index (χ0n) is 16.2. The summed E-state index contributed by atoms with van der Waals surface area (Å²) in [6.45, 7) is 8.13. The molecule has 0 unspecified atom stereocenters. The quantitative estimate of drug-likeness (QED) is 0.832. The van der Waals surface area contributed by atoms with Gasteiger partial charge in [-0.2, -0.15) is 0 Å². The molecule has 2 aromatic rings. The van der Waals surface area contributed by atoms with Crippen molar-refractivity contribution in [2.75, 3.05) is 50.7 Å². The van der Waals surface area contributed by atoms with Crippen LogP contribution in [-0.2, 0) is 4.79 Å². The monoisotopic (exact) mass is 367 g/mol. The minimum atomic E-state index is 0.296. The Morgan fingerprint density at radius 2 is 1.67 bits per heavy atom. The predicted octanol–water partition coefficient (Wildman–Crippen LogP) is 2.32. The van der Waals surface area contributed by atoms with E-state index in [9.17, 15) is 4.79 Å². The van der Waals surface area contributed by atoms with Gasteiger partial charge in [-0.1, -0.05) is 17.7 Å². The first-order chi connectivity index (χ1) is 13.2. The molecule has 2 saturated heterocycles. The minimum Gasteiger partial charge on any atom is -0.342 e. The number of hydrogen-bond acceptors (Lipinski definition) is 4. The number of nitrogens with zero attached hydrogens (tertiary/aromatic N) is 5. The number of piperazine rings is 1. The van der Waals surface area contributed by atoms with E-state index >= 15 is 0 Å². The molecule has 0 atom stereocenters. The second-order valence-electron chi connectivity index (χ2n) is 7.64. The van der Waals surface area contributed by atoms with Gasteiger partial charge < -0.3 is 9.80 Å². The van der Waals surface area contributed by atoms with Crippen LogP contribution in [0.5, 0.6) is 0 Å². The molecule has 0 spiro atoms. The number of likely N-dealkylation sites (tertiary alicyclic amines) is 1. The molecule has 27 heavy (non-hydrogen) atoms. The first kappa shape index (κ1) is 18.0. The Balaban J connectivity index is 1.35. The summed E-state index contributed by atoms with van der Waals surface area (Å²) >= 11 is 0. The van der Waals surface area contributed by atoms with Crippen molar-refractivity contribution in [1.82, 2.24) is 19.4 Å². The van der Waals surface area contributed by atoms with Crippen LogP contribution in [0.25, 0.3) is 5.69 Å². The summed E-state index contributed by atoms with van der Waals surface area (Å²) < 4.78 is 2.15. The van der Waals surface area contributed by atoms with Crippen LogP contribution in [0.15, 0.2) is 36.7 Å². The minimum absolute atomic E-state index is 0.296. The fourth-order valence-corrected chi connectivity index (χ4v) is 3.98. The number of carbonyl (C=O) groups is 1. The van der Waals surface area contributed by atoms with Crippen LogP contribution in [0, 0.1) is 6.92 Å². The lowest BCUT2D eigenvalue weighted by molar-refractivity contribution is -0.133. The van der Waals surface area contributed by atoms with Crippen molar-refractivity contribution in [2.45, 2.75) is 26.2 Å². The number of hydrogen-bond donors (Lipinski definition) is 0. The molecule has 0 N–H and O–H groups in total. The van der Waals surface area contributed by atoms with Gasteiger partial charge in [0.2, 0.25) is 11.9 Å². The highest BCUT2D eigenvalue weighted by Crippen LogP contribution is 2.20. The molecule has 1 aromatic heterocycles. The Morgan fingerprint density at radius 3 is 2.37 bits per heavy atom. The maximum Gasteiger partial charge on any atom is 0.236 e. The Morgan fingerprint density at radius 1 is 0.963 bits per heavy atom. The molecule has 3 heterocycles. The lowest BCUT2D eigenvalue weighted by Crippen LogP contribution is -2.51. The predicted molar refractivity (Wildman–Crippen MR) is 107 cm³/mol. The smallest absolute Gasteiger partial charge is 0.236 e. The Hall–Kier alpha value is -2.34. The SMILES string of the molecule is Cc1ccc(-n2ccnc2N2CCN(CC(=O)N3CCCCC3)CC2)cc1. The van der Waals surface area contributed by atoms with E-state index in [1.54, 1.807) is 0 Å². The molecular weight excluding hydrogens is 338 g/mol. The van der Waals surface area contributed by atoms with Crippen LogP contribution in [0.1, 0.15) is 24.8 Å². The van der Waals surface area contributed by atoms with Crippen molar-refractivity contribution in [3.8, 4) is 5.69 Å². The van der Waals surface area contributed by atoms with Gasteiger partial charge >= 0.3 is 0 Å². The fraction of sp³-hybridized carbons (Fsp3) is 0.524. The van der Waals surface area contributed by atoms with Crippen LogP contribution in [-0.4, -0.2) is 71.1 Å². The molecule has 1 aromatic carbocycles. The highest BCUT2D eigenvalue weighted by atomic mass is 16.2. The number of rotatable bonds is 4. The third-order valence-electron chi connectivity index (χ3n) is 5.66. The molecule has 0 saturated carbocycles. The van der Waals surface area contributed by atoms with Gasteiger partial charge in [0.1, 0.15) is 0 Å². The number of anilines is 1. The van der Waals surface area contributed by atoms with Crippen molar-refractivity contribution < 1.29 is 4.79 Å². The lowest BCUT2D eigenvalue weighted by atomic mass is 10.1. The largest absolute Gasteiger partial charge is 0.342 e. The summed E-state index contributed by atoms with van der Waals surface area (Å²) in [7, 11) is 0. The van der Waals surface area contributed by atoms with E-state index in [0.717, 1.165) is 63.7 Å². The van der Waals surface area contributed by atoms with Gasteiger partial charge in [-0.25, -0.2) is 4.98 Å². The van der Waals surface area contributed by atoms with E-state index in [2.05, 4.69) is 50.5 Å². The van der Waals surface area contributed by atoms with E-state index in [4.69, 9.17) is 0 Å². The molecule has 6 nitrogen and oxygen atoms in total. The van der Waals surface area contributed by atoms with Gasteiger partial charge in [-0.15, -0.1) is 0 Å². The summed E-state index contributed by atoms with van der Waals surface area (Å²) in [6, 6.07) is 8.52. The van der Waals surface area contributed by atoms with Gasteiger partial charge in [-0.3, -0.25) is 14.3 Å². The summed E-state index contributed by atoms with van der Waals surface area (Å²) in [5, 5.41) is 0. The molecule has 144 valence electrons. The van der Waals surface area contributed by atoms with Crippen LogP contribution >= 0.6 is 0 Å². The Kier molecular flexibility index (Phi) is 5.43. The first-order valence-electron chi connectivity index (χ1n) is 10.1. The van der Waals surface area contributed by atoms with Crippen LogP contribution in [0.4, 0.5) is 5.95 Å². The average molecular weight is 367 g/mol. The lowest BCUT2D eigenvalue weighted by Gasteiger charge is -2.36. The molecule has 2 aliphatic rings. The van der Waals surface area contributed by atoms with Crippen LogP contribution < -0.4 is 4.90 Å². The summed E-state index contributed by atoms with van der Waals surface area (Å²) in [5.74, 6) is 1.28. The first-order valence-corrected chi connectivity index (χ1v) is 10.1. The van der Waals surface area contributed by atoms with Crippen molar-refractivity contribution in [3.63, 3.8) is 0 Å². The molecule has 0 radical (unpaired) electrons. The van der Waals surface area contributed by atoms with E-state index in [1.165, 1.54) is 12.0 Å². The molecular formula is C21H29N5O. The molecule has 2 fully saturated rings. The van der Waals surface area contributed by atoms with Crippen molar-refractivity contribution in [1.29, 1.82) is 0 Å². The fourth-order valence-electron chi connectivity index (χ4n) is 3.98. The van der Waals surface area contributed by atoms with Gasteiger partial charge in [0, 0.05) is 57.3 Å². The molecule has 6 heteroatoms. The third-order valence-corrected chi connectivity index (χ3v) is 5.66. The van der Waals surface area contributed by atoms with Gasteiger partial charge in [-0.05, 0) is 38.3 Å². The molecule has 4 rings (SSSR count). The van der Waals surface area contributed by atoms with Crippen molar-refractivity contribution in [3.05, 3.63) is 42.2 Å². The maximum absolute atomic E-state index is 12.5. The molecule has 0 bridgehead atoms. The second-order valence-corrected chi connectivity index (χ2v) is 7.64. The van der Waals surface area contributed by atoms with Crippen LogP contribution in [0.2, 0.25) is 0 Å². The van der Waals surface area contributed by atoms with Crippen LogP contribution in [0.3, 0.4) is 0 Å². The topological polar surface area (TPSA) is 44.6 Å². The number of piperidine rings is 1. The molecule has 2 aliphatic heterocycles. The van der Waals surface area contributed by atoms with Crippen molar-refractivity contribution in [2.24, 2.45) is 0 Å².